The smallest absolute Gasteiger partial charge is 0.280 e. The molecule has 9 heteroatoms. The lowest BCUT2D eigenvalue weighted by Crippen LogP contribution is -2.36. The van der Waals surface area contributed by atoms with E-state index in [2.05, 4.69) is 25.6 Å². The maximum Gasteiger partial charge on any atom is 0.280 e. The number of carbonyl (C=O) groups is 1. The Kier molecular flexibility index (Phi) is 5.48. The highest BCUT2D eigenvalue weighted by Crippen LogP contribution is 2.17. The van der Waals surface area contributed by atoms with Gasteiger partial charge in [-0.3, -0.25) is 10.1 Å². The van der Waals surface area contributed by atoms with Gasteiger partial charge in [-0.1, -0.05) is 48.0 Å². The predicted molar refractivity (Wildman–Crippen MR) is 107 cm³/mol. The lowest BCUT2D eigenvalue weighted by molar-refractivity contribution is 0.0973. The van der Waals surface area contributed by atoms with Gasteiger partial charge in [0, 0.05) is 5.69 Å². The van der Waals surface area contributed by atoms with Crippen molar-refractivity contribution in [3.8, 4) is 0 Å². The van der Waals surface area contributed by atoms with Crippen molar-refractivity contribution in [1.29, 1.82) is 0 Å². The van der Waals surface area contributed by atoms with Crippen molar-refractivity contribution in [3.05, 3.63) is 71.5 Å². The molecule has 0 saturated heterocycles. The number of rotatable bonds is 3. The van der Waals surface area contributed by atoms with E-state index in [4.69, 9.17) is 23.1 Å². The molecule has 3 aromatic rings. The molecule has 1 aromatic heterocycles. The lowest BCUT2D eigenvalue weighted by Gasteiger charge is -2.12. The van der Waals surface area contributed by atoms with Crippen molar-refractivity contribution >= 4 is 46.5 Å². The van der Waals surface area contributed by atoms with Gasteiger partial charge < -0.3 is 16.8 Å². The van der Waals surface area contributed by atoms with Crippen molar-refractivity contribution in [2.75, 3.05) is 16.8 Å². The second-order valence-corrected chi connectivity index (χ2v) is 5.73. The summed E-state index contributed by atoms with van der Waals surface area (Å²) >= 11 is 5.85. The van der Waals surface area contributed by atoms with Crippen LogP contribution in [0.1, 0.15) is 10.5 Å². The van der Waals surface area contributed by atoms with Gasteiger partial charge in [0.25, 0.3) is 5.91 Å². The van der Waals surface area contributed by atoms with Gasteiger partial charge in [0.15, 0.2) is 22.5 Å². The third-order valence-electron chi connectivity index (χ3n) is 3.39. The number of aliphatic imine (C=N–C) groups is 1. The molecule has 0 bridgehead atoms. The number of nitrogens with zero attached hydrogens (tertiary/aromatic N) is 3. The molecule has 1 heterocycles. The number of halogens is 1. The summed E-state index contributed by atoms with van der Waals surface area (Å²) in [6, 6.07) is 18.4. The molecule has 0 aliphatic carbocycles. The van der Waals surface area contributed by atoms with Crippen molar-refractivity contribution in [3.63, 3.8) is 0 Å². The SMILES string of the molecule is Nc1nc(N)c(C(=O)NC(=Nc2ccccc2)Nc2ccccc2)nc1Cl. The number of amides is 1. The fourth-order valence-corrected chi connectivity index (χ4v) is 2.28. The molecule has 0 spiro atoms. The molecule has 27 heavy (non-hydrogen) atoms. The largest absolute Gasteiger partial charge is 0.382 e. The number of nitrogen functional groups attached to an aromatic ring is 2. The normalized spacial score (nSPS) is 11.1. The Morgan fingerprint density at radius 2 is 1.56 bits per heavy atom. The van der Waals surface area contributed by atoms with Gasteiger partial charge in [0.05, 0.1) is 5.69 Å². The number of hydrogen-bond acceptors (Lipinski definition) is 6. The van der Waals surface area contributed by atoms with Gasteiger partial charge in [-0.15, -0.1) is 0 Å². The maximum atomic E-state index is 12.6. The van der Waals surface area contributed by atoms with E-state index >= 15 is 0 Å². The highest BCUT2D eigenvalue weighted by Gasteiger charge is 2.17. The first-order valence-electron chi connectivity index (χ1n) is 7.88. The molecule has 6 N–H and O–H groups in total. The van der Waals surface area contributed by atoms with Crippen LogP contribution in [0, 0.1) is 0 Å². The Morgan fingerprint density at radius 3 is 2.22 bits per heavy atom. The van der Waals surface area contributed by atoms with Crippen LogP contribution in [0.2, 0.25) is 5.15 Å². The van der Waals surface area contributed by atoms with Crippen molar-refractivity contribution in [1.82, 2.24) is 15.3 Å². The average Bonchev–Trinajstić information content (AvgIpc) is 2.66. The summed E-state index contributed by atoms with van der Waals surface area (Å²) in [7, 11) is 0. The summed E-state index contributed by atoms with van der Waals surface area (Å²) in [5, 5.41) is 5.58. The van der Waals surface area contributed by atoms with Gasteiger partial charge >= 0.3 is 0 Å². The topological polar surface area (TPSA) is 131 Å². The van der Waals surface area contributed by atoms with Crippen LogP contribution in [0.25, 0.3) is 0 Å². The highest BCUT2D eigenvalue weighted by molar-refractivity contribution is 6.31. The van der Waals surface area contributed by atoms with Crippen LogP contribution in [-0.2, 0) is 0 Å². The third kappa shape index (κ3) is 4.71. The first-order valence-corrected chi connectivity index (χ1v) is 8.26. The molecule has 8 nitrogen and oxygen atoms in total. The Balaban J connectivity index is 1.90. The zero-order chi connectivity index (χ0) is 19.2. The van der Waals surface area contributed by atoms with E-state index in [0.29, 0.717) is 5.69 Å². The van der Waals surface area contributed by atoms with Crippen LogP contribution in [-0.4, -0.2) is 21.8 Å². The number of nitrogens with two attached hydrogens (primary N) is 2. The molecular formula is C18H16ClN7O. The molecule has 0 radical (unpaired) electrons. The standard InChI is InChI=1S/C18H16ClN7O/c19-14-16(21)25-15(20)13(24-14)17(27)26-18(22-11-7-3-1-4-8-11)23-12-9-5-2-6-10-12/h1-10H,(H4,20,21,25)(H2,22,23,26,27). The van der Waals surface area contributed by atoms with Gasteiger partial charge in [0.1, 0.15) is 0 Å². The van der Waals surface area contributed by atoms with Crippen molar-refractivity contribution in [2.45, 2.75) is 0 Å². The first-order chi connectivity index (χ1) is 13.0. The van der Waals surface area contributed by atoms with E-state index in [1.165, 1.54) is 0 Å². The maximum absolute atomic E-state index is 12.6. The number of benzene rings is 2. The van der Waals surface area contributed by atoms with Crippen LogP contribution in [0.3, 0.4) is 0 Å². The number of para-hydroxylation sites is 2. The fourth-order valence-electron chi connectivity index (χ4n) is 2.15. The Morgan fingerprint density at radius 1 is 0.926 bits per heavy atom. The molecule has 2 aromatic carbocycles. The highest BCUT2D eigenvalue weighted by atomic mass is 35.5. The summed E-state index contributed by atoms with van der Waals surface area (Å²) in [5.74, 6) is -0.619. The molecule has 0 fully saturated rings. The van der Waals surface area contributed by atoms with Crippen LogP contribution in [0.15, 0.2) is 65.7 Å². The minimum absolute atomic E-state index is 0.0497. The molecule has 1 amide bonds. The minimum Gasteiger partial charge on any atom is -0.382 e. The van der Waals surface area contributed by atoms with E-state index in [-0.39, 0.29) is 28.4 Å². The Bertz CT molecular complexity index is 978. The van der Waals surface area contributed by atoms with Gasteiger partial charge in [-0.2, -0.15) is 0 Å². The van der Waals surface area contributed by atoms with Crippen LogP contribution < -0.4 is 22.1 Å². The molecular weight excluding hydrogens is 366 g/mol. The van der Waals surface area contributed by atoms with E-state index in [1.54, 1.807) is 12.1 Å². The predicted octanol–water partition coefficient (Wildman–Crippen LogP) is 2.82. The third-order valence-corrected chi connectivity index (χ3v) is 3.66. The van der Waals surface area contributed by atoms with Crippen molar-refractivity contribution in [2.24, 2.45) is 4.99 Å². The van der Waals surface area contributed by atoms with Gasteiger partial charge in [-0.05, 0) is 24.3 Å². The van der Waals surface area contributed by atoms with Gasteiger partial charge in [-0.25, -0.2) is 15.0 Å². The molecule has 3 rings (SSSR count). The van der Waals surface area contributed by atoms with Crippen LogP contribution in [0.4, 0.5) is 23.0 Å². The summed E-state index contributed by atoms with van der Waals surface area (Å²) in [4.78, 5) is 24.7. The van der Waals surface area contributed by atoms with E-state index < -0.39 is 5.91 Å². The molecule has 0 aliphatic rings. The summed E-state index contributed by atoms with van der Waals surface area (Å²) in [6.45, 7) is 0. The number of aromatic nitrogens is 2. The van der Waals surface area contributed by atoms with E-state index in [1.807, 2.05) is 48.5 Å². The Hall–Kier alpha value is -3.65. The van der Waals surface area contributed by atoms with Crippen molar-refractivity contribution < 1.29 is 4.79 Å². The Labute approximate surface area is 160 Å². The number of guanidine groups is 1. The summed E-state index contributed by atoms with van der Waals surface area (Å²) in [5.41, 5.74) is 12.5. The lowest BCUT2D eigenvalue weighted by atomic mass is 10.3. The minimum atomic E-state index is -0.625. The zero-order valence-corrected chi connectivity index (χ0v) is 14.8. The van der Waals surface area contributed by atoms with Gasteiger partial charge in [0.2, 0.25) is 5.96 Å². The quantitative estimate of drug-likeness (QED) is 0.407. The monoisotopic (exact) mass is 381 g/mol. The molecule has 0 atom stereocenters. The van der Waals surface area contributed by atoms with Crippen LogP contribution >= 0.6 is 11.6 Å². The van der Waals surface area contributed by atoms with Crippen LogP contribution in [0.5, 0.6) is 0 Å². The summed E-state index contributed by atoms with van der Waals surface area (Å²) < 4.78 is 0. The summed E-state index contributed by atoms with van der Waals surface area (Å²) in [6.07, 6.45) is 0. The fraction of sp³-hybridized carbons (Fsp3) is 0. The number of carbonyl (C=O) groups excluding carboxylic acids is 1. The molecule has 0 unspecified atom stereocenters. The molecule has 136 valence electrons. The van der Waals surface area contributed by atoms with E-state index in [0.717, 1.165) is 5.69 Å². The molecule has 0 saturated carbocycles. The van der Waals surface area contributed by atoms with E-state index in [9.17, 15) is 4.79 Å². The second-order valence-electron chi connectivity index (χ2n) is 5.37. The zero-order valence-electron chi connectivity index (χ0n) is 14.1. The number of anilines is 3. The number of nitrogens with one attached hydrogen (secondary N) is 2. The average molecular weight is 382 g/mol. The molecule has 0 aliphatic heterocycles. The number of hydrogen-bond donors (Lipinski definition) is 4. The second kappa shape index (κ2) is 8.15. The first kappa shape index (κ1) is 18.2.